The average Bonchev–Trinajstić information content (AvgIpc) is 2.28. The van der Waals surface area contributed by atoms with Gasteiger partial charge in [0, 0.05) is 17.4 Å². The van der Waals surface area contributed by atoms with Crippen LogP contribution in [0.4, 0.5) is 11.4 Å². The van der Waals surface area contributed by atoms with Gasteiger partial charge in [0.15, 0.2) is 0 Å². The zero-order valence-electron chi connectivity index (χ0n) is 11.0. The molecule has 0 heterocycles. The van der Waals surface area contributed by atoms with Crippen molar-refractivity contribution in [2.24, 2.45) is 0 Å². The van der Waals surface area contributed by atoms with Gasteiger partial charge in [-0.05, 0) is 49.6 Å². The fraction of sp³-hybridized carbons (Fsp3) is 0.250. The Balaban J connectivity index is 2.01. The minimum absolute atomic E-state index is 0.383. The van der Waals surface area contributed by atoms with Crippen molar-refractivity contribution >= 4 is 11.4 Å². The molecule has 94 valence electrons. The number of hydrogen-bond donors (Lipinski definition) is 2. The van der Waals surface area contributed by atoms with Gasteiger partial charge < -0.3 is 11.1 Å². The lowest BCUT2D eigenvalue weighted by molar-refractivity contribution is 0.790. The molecule has 0 aliphatic carbocycles. The molecule has 0 radical (unpaired) electrons. The molecular weight excluding hydrogens is 220 g/mol. The number of benzene rings is 2. The van der Waals surface area contributed by atoms with Crippen LogP contribution in [0.2, 0.25) is 0 Å². The number of rotatable bonds is 4. The summed E-state index contributed by atoms with van der Waals surface area (Å²) in [6, 6.07) is 17.0. The standard InChI is InChI=1S/C16H20N2/c1-12-8-15(17)11-16(9-12)18-13(2)10-14-6-4-3-5-7-14/h3-9,11,13,18H,10,17H2,1-2H3. The van der Waals surface area contributed by atoms with Crippen molar-refractivity contribution in [3.63, 3.8) is 0 Å². The summed E-state index contributed by atoms with van der Waals surface area (Å²) in [6.45, 7) is 4.24. The fourth-order valence-corrected chi connectivity index (χ4v) is 2.20. The summed E-state index contributed by atoms with van der Waals surface area (Å²) in [7, 11) is 0. The molecular formula is C16H20N2. The lowest BCUT2D eigenvalue weighted by Gasteiger charge is -2.16. The van der Waals surface area contributed by atoms with Crippen LogP contribution in [0.25, 0.3) is 0 Å². The second kappa shape index (κ2) is 5.58. The molecule has 0 amide bonds. The Morgan fingerprint density at radius 3 is 2.50 bits per heavy atom. The molecule has 0 aromatic heterocycles. The maximum Gasteiger partial charge on any atom is 0.0365 e. The number of nitrogens with one attached hydrogen (secondary N) is 1. The smallest absolute Gasteiger partial charge is 0.0365 e. The van der Waals surface area contributed by atoms with Crippen molar-refractivity contribution in [1.82, 2.24) is 0 Å². The van der Waals surface area contributed by atoms with Crippen molar-refractivity contribution in [2.45, 2.75) is 26.3 Å². The SMILES string of the molecule is Cc1cc(N)cc(NC(C)Cc2ccccc2)c1. The maximum absolute atomic E-state index is 5.85. The normalized spacial score (nSPS) is 12.1. The topological polar surface area (TPSA) is 38.0 Å². The van der Waals surface area contributed by atoms with Crippen molar-refractivity contribution in [1.29, 1.82) is 0 Å². The molecule has 3 N–H and O–H groups in total. The molecule has 0 saturated heterocycles. The Morgan fingerprint density at radius 1 is 1.11 bits per heavy atom. The van der Waals surface area contributed by atoms with Gasteiger partial charge >= 0.3 is 0 Å². The highest BCUT2D eigenvalue weighted by atomic mass is 14.9. The van der Waals surface area contributed by atoms with E-state index in [0.29, 0.717) is 6.04 Å². The first-order chi connectivity index (χ1) is 8.63. The fourth-order valence-electron chi connectivity index (χ4n) is 2.20. The van der Waals surface area contributed by atoms with Gasteiger partial charge in [-0.3, -0.25) is 0 Å². The van der Waals surface area contributed by atoms with E-state index in [9.17, 15) is 0 Å². The summed E-state index contributed by atoms with van der Waals surface area (Å²) in [5, 5.41) is 3.49. The molecule has 0 aliphatic rings. The summed E-state index contributed by atoms with van der Waals surface area (Å²) in [6.07, 6.45) is 1.01. The van der Waals surface area contributed by atoms with Crippen LogP contribution in [0.5, 0.6) is 0 Å². The minimum atomic E-state index is 0.383. The summed E-state index contributed by atoms with van der Waals surface area (Å²) >= 11 is 0. The predicted octanol–water partition coefficient (Wildman–Crippen LogP) is 3.62. The second-order valence-electron chi connectivity index (χ2n) is 4.87. The molecule has 2 aromatic rings. The molecule has 0 fully saturated rings. The molecule has 0 bridgehead atoms. The Kier molecular flexibility index (Phi) is 3.88. The maximum atomic E-state index is 5.85. The van der Waals surface area contributed by atoms with Gasteiger partial charge in [-0.15, -0.1) is 0 Å². The Hall–Kier alpha value is -1.96. The van der Waals surface area contributed by atoms with E-state index in [2.05, 4.69) is 49.5 Å². The Labute approximate surface area is 109 Å². The summed E-state index contributed by atoms with van der Waals surface area (Å²) < 4.78 is 0. The molecule has 2 rings (SSSR count). The van der Waals surface area contributed by atoms with Gasteiger partial charge in [0.05, 0.1) is 0 Å². The number of aryl methyl sites for hydroxylation is 1. The van der Waals surface area contributed by atoms with Gasteiger partial charge in [-0.1, -0.05) is 30.3 Å². The van der Waals surface area contributed by atoms with E-state index in [1.807, 2.05) is 18.2 Å². The molecule has 2 nitrogen and oxygen atoms in total. The molecule has 18 heavy (non-hydrogen) atoms. The molecule has 2 aromatic carbocycles. The lowest BCUT2D eigenvalue weighted by Crippen LogP contribution is -2.18. The van der Waals surface area contributed by atoms with Crippen molar-refractivity contribution in [2.75, 3.05) is 11.1 Å². The Morgan fingerprint density at radius 2 is 1.83 bits per heavy atom. The van der Waals surface area contributed by atoms with Crippen molar-refractivity contribution in [3.05, 3.63) is 59.7 Å². The average molecular weight is 240 g/mol. The first-order valence-electron chi connectivity index (χ1n) is 6.31. The number of nitrogen functional groups attached to an aromatic ring is 1. The molecule has 1 unspecified atom stereocenters. The lowest BCUT2D eigenvalue weighted by atomic mass is 10.1. The van der Waals surface area contributed by atoms with Gasteiger partial charge in [0.1, 0.15) is 0 Å². The minimum Gasteiger partial charge on any atom is -0.399 e. The third-order valence-electron chi connectivity index (χ3n) is 2.90. The van der Waals surface area contributed by atoms with Gasteiger partial charge in [-0.2, -0.15) is 0 Å². The van der Waals surface area contributed by atoms with Crippen LogP contribution in [0.1, 0.15) is 18.1 Å². The quantitative estimate of drug-likeness (QED) is 0.801. The first-order valence-corrected chi connectivity index (χ1v) is 6.31. The van der Waals surface area contributed by atoms with E-state index >= 15 is 0 Å². The monoisotopic (exact) mass is 240 g/mol. The highest BCUT2D eigenvalue weighted by Crippen LogP contribution is 2.17. The van der Waals surface area contributed by atoms with Gasteiger partial charge in [0.2, 0.25) is 0 Å². The largest absolute Gasteiger partial charge is 0.399 e. The highest BCUT2D eigenvalue weighted by Gasteiger charge is 2.04. The van der Waals surface area contributed by atoms with Crippen LogP contribution in [-0.4, -0.2) is 6.04 Å². The van der Waals surface area contributed by atoms with Crippen molar-refractivity contribution in [3.8, 4) is 0 Å². The predicted molar refractivity (Wildman–Crippen MR) is 78.8 cm³/mol. The van der Waals surface area contributed by atoms with E-state index in [1.165, 1.54) is 11.1 Å². The molecule has 0 spiro atoms. The van der Waals surface area contributed by atoms with Gasteiger partial charge in [-0.25, -0.2) is 0 Å². The molecule has 0 saturated carbocycles. The van der Waals surface area contributed by atoms with E-state index < -0.39 is 0 Å². The second-order valence-corrected chi connectivity index (χ2v) is 4.87. The van der Waals surface area contributed by atoms with E-state index in [4.69, 9.17) is 5.73 Å². The van der Waals surface area contributed by atoms with Crippen LogP contribution in [0.3, 0.4) is 0 Å². The van der Waals surface area contributed by atoms with Crippen LogP contribution in [0, 0.1) is 6.92 Å². The summed E-state index contributed by atoms with van der Waals surface area (Å²) in [4.78, 5) is 0. The van der Waals surface area contributed by atoms with E-state index in [-0.39, 0.29) is 0 Å². The number of nitrogens with two attached hydrogens (primary N) is 1. The highest BCUT2D eigenvalue weighted by molar-refractivity contribution is 5.57. The number of hydrogen-bond acceptors (Lipinski definition) is 2. The third kappa shape index (κ3) is 3.52. The zero-order chi connectivity index (χ0) is 13.0. The third-order valence-corrected chi connectivity index (χ3v) is 2.90. The summed E-state index contributed by atoms with van der Waals surface area (Å²) in [5.41, 5.74) is 10.3. The van der Waals surface area contributed by atoms with Crippen LogP contribution < -0.4 is 11.1 Å². The molecule has 0 aliphatic heterocycles. The Bertz CT molecular complexity index is 486. The van der Waals surface area contributed by atoms with E-state index in [0.717, 1.165) is 17.8 Å². The van der Waals surface area contributed by atoms with Gasteiger partial charge in [0.25, 0.3) is 0 Å². The van der Waals surface area contributed by atoms with E-state index in [1.54, 1.807) is 0 Å². The van der Waals surface area contributed by atoms with Crippen LogP contribution in [0.15, 0.2) is 48.5 Å². The first kappa shape index (κ1) is 12.5. The summed E-state index contributed by atoms with van der Waals surface area (Å²) in [5.74, 6) is 0. The molecule has 1 atom stereocenters. The van der Waals surface area contributed by atoms with Crippen LogP contribution >= 0.6 is 0 Å². The van der Waals surface area contributed by atoms with Crippen molar-refractivity contribution < 1.29 is 0 Å². The molecule has 2 heteroatoms. The van der Waals surface area contributed by atoms with Crippen LogP contribution in [-0.2, 0) is 6.42 Å². The number of anilines is 2. The zero-order valence-corrected chi connectivity index (χ0v) is 11.0.